The normalized spacial score (nSPS) is 11.7. The summed E-state index contributed by atoms with van der Waals surface area (Å²) in [7, 11) is 1.67. The van der Waals surface area contributed by atoms with E-state index in [1.165, 1.54) is 0 Å². The van der Waals surface area contributed by atoms with E-state index in [9.17, 15) is 0 Å². The Kier molecular flexibility index (Phi) is 5.86. The highest BCUT2D eigenvalue weighted by Crippen LogP contribution is 2.28. The zero-order valence-corrected chi connectivity index (χ0v) is 12.0. The second-order valence-corrected chi connectivity index (χ2v) is 4.37. The Morgan fingerprint density at radius 2 is 2.21 bits per heavy atom. The third-order valence-electron chi connectivity index (χ3n) is 2.92. The number of rotatable bonds is 5. The van der Waals surface area contributed by atoms with Gasteiger partial charge in [0.15, 0.2) is 0 Å². The predicted octanol–water partition coefficient (Wildman–Crippen LogP) is 2.81. The number of nitrogens with zero attached hydrogens (tertiary/aromatic N) is 1. The van der Waals surface area contributed by atoms with Crippen molar-refractivity contribution in [1.29, 1.82) is 0 Å². The van der Waals surface area contributed by atoms with Crippen molar-refractivity contribution in [2.24, 2.45) is 5.73 Å². The molecular weight excluding hydrogens is 262 g/mol. The van der Waals surface area contributed by atoms with E-state index >= 15 is 0 Å². The highest BCUT2D eigenvalue weighted by molar-refractivity contribution is 5.91. The number of hydrogen-bond donors (Lipinski definition) is 2. The molecule has 2 aromatic rings. The van der Waals surface area contributed by atoms with Crippen LogP contribution < -0.4 is 15.8 Å². The molecule has 1 heterocycles. The molecule has 1 aromatic heterocycles. The van der Waals surface area contributed by atoms with Crippen LogP contribution in [0.25, 0.3) is 10.9 Å². The molecule has 1 aromatic carbocycles. The Morgan fingerprint density at radius 1 is 1.42 bits per heavy atom. The molecule has 0 radical (unpaired) electrons. The maximum absolute atomic E-state index is 5.57. The van der Waals surface area contributed by atoms with Crippen molar-refractivity contribution >= 4 is 29.0 Å². The lowest BCUT2D eigenvalue weighted by atomic mass is 10.1. The number of halogens is 1. The molecule has 1 unspecified atom stereocenters. The van der Waals surface area contributed by atoms with Crippen LogP contribution in [-0.2, 0) is 0 Å². The third kappa shape index (κ3) is 3.72. The SMILES string of the molecule is COc1cc(NC(C)CCN)c2ncccc2c1.Cl. The summed E-state index contributed by atoms with van der Waals surface area (Å²) in [4.78, 5) is 4.42. The Labute approximate surface area is 119 Å². The van der Waals surface area contributed by atoms with Gasteiger partial charge in [0.2, 0.25) is 0 Å². The van der Waals surface area contributed by atoms with Gasteiger partial charge in [-0.15, -0.1) is 12.4 Å². The molecule has 0 aliphatic carbocycles. The van der Waals surface area contributed by atoms with Gasteiger partial charge in [-0.05, 0) is 32.0 Å². The largest absolute Gasteiger partial charge is 0.497 e. The molecule has 0 bridgehead atoms. The lowest BCUT2D eigenvalue weighted by Gasteiger charge is -2.16. The monoisotopic (exact) mass is 281 g/mol. The molecule has 0 aliphatic heterocycles. The van der Waals surface area contributed by atoms with Crippen LogP contribution in [0.2, 0.25) is 0 Å². The second kappa shape index (κ2) is 7.16. The van der Waals surface area contributed by atoms with Gasteiger partial charge in [-0.1, -0.05) is 6.07 Å². The van der Waals surface area contributed by atoms with E-state index < -0.39 is 0 Å². The fourth-order valence-electron chi connectivity index (χ4n) is 1.98. The zero-order valence-electron chi connectivity index (χ0n) is 11.2. The minimum absolute atomic E-state index is 0. The zero-order chi connectivity index (χ0) is 13.0. The molecular formula is C14H20ClN3O. The van der Waals surface area contributed by atoms with Crippen molar-refractivity contribution in [2.75, 3.05) is 19.0 Å². The second-order valence-electron chi connectivity index (χ2n) is 4.37. The van der Waals surface area contributed by atoms with E-state index in [-0.39, 0.29) is 12.4 Å². The Balaban J connectivity index is 0.00000180. The molecule has 0 aliphatic rings. The summed E-state index contributed by atoms with van der Waals surface area (Å²) in [5.41, 5.74) is 7.52. The number of nitrogens with one attached hydrogen (secondary N) is 1. The van der Waals surface area contributed by atoms with Crippen LogP contribution in [0.15, 0.2) is 30.5 Å². The van der Waals surface area contributed by atoms with Gasteiger partial charge in [0.25, 0.3) is 0 Å². The first-order valence-electron chi connectivity index (χ1n) is 6.14. The van der Waals surface area contributed by atoms with Crippen LogP contribution in [0, 0.1) is 0 Å². The summed E-state index contributed by atoms with van der Waals surface area (Å²) in [6, 6.07) is 8.23. The molecule has 5 heteroatoms. The van der Waals surface area contributed by atoms with Gasteiger partial charge in [0.1, 0.15) is 5.75 Å². The lowest BCUT2D eigenvalue weighted by Crippen LogP contribution is -2.19. The minimum atomic E-state index is 0. The van der Waals surface area contributed by atoms with Gasteiger partial charge < -0.3 is 15.8 Å². The molecule has 0 saturated heterocycles. The van der Waals surface area contributed by atoms with E-state index in [4.69, 9.17) is 10.5 Å². The number of anilines is 1. The molecule has 3 N–H and O–H groups in total. The molecule has 0 amide bonds. The molecule has 0 fully saturated rings. The van der Waals surface area contributed by atoms with Crippen molar-refractivity contribution in [2.45, 2.75) is 19.4 Å². The van der Waals surface area contributed by atoms with Crippen molar-refractivity contribution in [1.82, 2.24) is 4.98 Å². The van der Waals surface area contributed by atoms with E-state index in [1.807, 2.05) is 24.3 Å². The molecule has 0 saturated carbocycles. The van der Waals surface area contributed by atoms with Crippen LogP contribution >= 0.6 is 12.4 Å². The Morgan fingerprint density at radius 3 is 2.89 bits per heavy atom. The molecule has 0 spiro atoms. The maximum Gasteiger partial charge on any atom is 0.121 e. The summed E-state index contributed by atoms with van der Waals surface area (Å²) in [6.07, 6.45) is 2.72. The summed E-state index contributed by atoms with van der Waals surface area (Å²) < 4.78 is 5.31. The number of methoxy groups -OCH3 is 1. The van der Waals surface area contributed by atoms with Crippen LogP contribution in [0.3, 0.4) is 0 Å². The standard InChI is InChI=1S/C14H19N3O.ClH/c1-10(5-6-15)17-13-9-12(18-2)8-11-4-3-7-16-14(11)13;/h3-4,7-10,17H,5-6,15H2,1-2H3;1H. The van der Waals surface area contributed by atoms with Gasteiger partial charge in [-0.2, -0.15) is 0 Å². The quantitative estimate of drug-likeness (QED) is 0.885. The smallest absolute Gasteiger partial charge is 0.121 e. The minimum Gasteiger partial charge on any atom is -0.497 e. The molecule has 1 atom stereocenters. The maximum atomic E-state index is 5.57. The number of aromatic nitrogens is 1. The van der Waals surface area contributed by atoms with Gasteiger partial charge in [0, 0.05) is 23.7 Å². The summed E-state index contributed by atoms with van der Waals surface area (Å²) >= 11 is 0. The Bertz CT molecular complexity index is 533. The number of pyridine rings is 1. The Hall–Kier alpha value is -1.52. The lowest BCUT2D eigenvalue weighted by molar-refractivity contribution is 0.415. The first-order chi connectivity index (χ1) is 8.74. The highest BCUT2D eigenvalue weighted by atomic mass is 35.5. The average molecular weight is 282 g/mol. The van der Waals surface area contributed by atoms with Crippen molar-refractivity contribution in [3.05, 3.63) is 30.5 Å². The van der Waals surface area contributed by atoms with Crippen LogP contribution in [0.5, 0.6) is 5.75 Å². The first kappa shape index (κ1) is 15.5. The van der Waals surface area contributed by atoms with Crippen LogP contribution in [-0.4, -0.2) is 24.7 Å². The highest BCUT2D eigenvalue weighted by Gasteiger charge is 2.08. The van der Waals surface area contributed by atoms with Gasteiger partial charge >= 0.3 is 0 Å². The molecule has 2 rings (SSSR count). The van der Waals surface area contributed by atoms with Crippen LogP contribution in [0.1, 0.15) is 13.3 Å². The number of ether oxygens (including phenoxy) is 1. The first-order valence-corrected chi connectivity index (χ1v) is 6.14. The number of hydrogen-bond acceptors (Lipinski definition) is 4. The fraction of sp³-hybridized carbons (Fsp3) is 0.357. The van der Waals surface area contributed by atoms with E-state index in [2.05, 4.69) is 17.2 Å². The summed E-state index contributed by atoms with van der Waals surface area (Å²) in [5, 5.41) is 4.51. The van der Waals surface area contributed by atoms with Crippen LogP contribution in [0.4, 0.5) is 5.69 Å². The number of benzene rings is 1. The van der Waals surface area contributed by atoms with Gasteiger partial charge in [-0.3, -0.25) is 4.98 Å². The summed E-state index contributed by atoms with van der Waals surface area (Å²) in [5.74, 6) is 0.831. The number of nitrogens with two attached hydrogens (primary N) is 1. The topological polar surface area (TPSA) is 60.2 Å². The molecule has 19 heavy (non-hydrogen) atoms. The van der Waals surface area contributed by atoms with E-state index in [0.717, 1.165) is 28.8 Å². The molecule has 4 nitrogen and oxygen atoms in total. The third-order valence-corrected chi connectivity index (χ3v) is 2.92. The van der Waals surface area contributed by atoms with Crippen molar-refractivity contribution in [3.63, 3.8) is 0 Å². The summed E-state index contributed by atoms with van der Waals surface area (Å²) in [6.45, 7) is 2.78. The fourth-order valence-corrected chi connectivity index (χ4v) is 1.98. The number of fused-ring (bicyclic) bond motifs is 1. The predicted molar refractivity (Wildman–Crippen MR) is 82.3 cm³/mol. The van der Waals surface area contributed by atoms with Gasteiger partial charge in [-0.25, -0.2) is 0 Å². The van der Waals surface area contributed by atoms with E-state index in [1.54, 1.807) is 13.3 Å². The molecule has 104 valence electrons. The van der Waals surface area contributed by atoms with E-state index in [0.29, 0.717) is 12.6 Å². The van der Waals surface area contributed by atoms with Crippen molar-refractivity contribution < 1.29 is 4.74 Å². The van der Waals surface area contributed by atoms with Gasteiger partial charge in [0.05, 0.1) is 18.3 Å². The van der Waals surface area contributed by atoms with Crippen molar-refractivity contribution in [3.8, 4) is 5.75 Å². The average Bonchev–Trinajstić information content (AvgIpc) is 2.38.